The normalized spacial score (nSPS) is 24.0. The lowest BCUT2D eigenvalue weighted by molar-refractivity contribution is -0.123. The van der Waals surface area contributed by atoms with E-state index in [-0.39, 0.29) is 23.8 Å². The number of nitrogens with one attached hydrogen (secondary N) is 2. The summed E-state index contributed by atoms with van der Waals surface area (Å²) in [6.07, 6.45) is 0.441. The van der Waals surface area contributed by atoms with Gasteiger partial charge in [0.2, 0.25) is 0 Å². The molecular formula is C17H21N3O3. The van der Waals surface area contributed by atoms with Crippen molar-refractivity contribution in [2.45, 2.75) is 38.1 Å². The van der Waals surface area contributed by atoms with Crippen LogP contribution in [-0.4, -0.2) is 41.4 Å². The van der Waals surface area contributed by atoms with E-state index < -0.39 is 11.6 Å². The van der Waals surface area contributed by atoms with Crippen molar-refractivity contribution >= 4 is 17.8 Å². The SMILES string of the molecule is CC(C)(C)c1ccc(C(=O)N2CC[C@@]3(C2)NC(=O)NC3=O)cc1. The number of imide groups is 1. The number of benzene rings is 1. The van der Waals surface area contributed by atoms with Crippen LogP contribution in [0.3, 0.4) is 0 Å². The molecule has 1 aromatic rings. The number of hydrogen-bond acceptors (Lipinski definition) is 3. The standard InChI is InChI=1S/C17H21N3O3/c1-16(2,3)12-6-4-11(5-7-12)13(21)20-9-8-17(10-20)14(22)18-15(23)19-17/h4-7H,8-10H2,1-3H3,(H2,18,19,22,23)/t17-/m0/s1. The van der Waals surface area contributed by atoms with E-state index in [1.54, 1.807) is 4.90 Å². The van der Waals surface area contributed by atoms with Gasteiger partial charge in [0.05, 0.1) is 6.54 Å². The van der Waals surface area contributed by atoms with Crippen molar-refractivity contribution in [3.05, 3.63) is 35.4 Å². The molecule has 1 aromatic carbocycles. The van der Waals surface area contributed by atoms with Gasteiger partial charge in [0.15, 0.2) is 0 Å². The number of hydrogen-bond donors (Lipinski definition) is 2. The second-order valence-electron chi connectivity index (χ2n) is 7.29. The van der Waals surface area contributed by atoms with Gasteiger partial charge in [-0.15, -0.1) is 0 Å². The summed E-state index contributed by atoms with van der Waals surface area (Å²) in [7, 11) is 0. The number of likely N-dealkylation sites (tertiary alicyclic amines) is 1. The monoisotopic (exact) mass is 315 g/mol. The first-order chi connectivity index (χ1) is 10.7. The van der Waals surface area contributed by atoms with Crippen LogP contribution >= 0.6 is 0 Å². The predicted octanol–water partition coefficient (Wildman–Crippen LogP) is 1.41. The molecule has 2 fully saturated rings. The fraction of sp³-hybridized carbons (Fsp3) is 0.471. The van der Waals surface area contributed by atoms with Gasteiger partial charge in [-0.2, -0.15) is 0 Å². The predicted molar refractivity (Wildman–Crippen MR) is 85.1 cm³/mol. The zero-order valence-electron chi connectivity index (χ0n) is 13.6. The van der Waals surface area contributed by atoms with Gasteiger partial charge in [-0.1, -0.05) is 32.9 Å². The van der Waals surface area contributed by atoms with Crippen LogP contribution in [-0.2, 0) is 10.2 Å². The van der Waals surface area contributed by atoms with Crippen molar-refractivity contribution in [2.24, 2.45) is 0 Å². The van der Waals surface area contributed by atoms with Crippen molar-refractivity contribution < 1.29 is 14.4 Å². The fourth-order valence-corrected chi connectivity index (χ4v) is 3.09. The van der Waals surface area contributed by atoms with Gasteiger partial charge >= 0.3 is 6.03 Å². The first-order valence-corrected chi connectivity index (χ1v) is 7.75. The molecule has 0 aliphatic carbocycles. The number of rotatable bonds is 1. The lowest BCUT2D eigenvalue weighted by atomic mass is 9.86. The number of carbonyl (C=O) groups excluding carboxylic acids is 3. The van der Waals surface area contributed by atoms with Crippen LogP contribution in [0.25, 0.3) is 0 Å². The Morgan fingerprint density at radius 1 is 1.17 bits per heavy atom. The fourth-order valence-electron chi connectivity index (χ4n) is 3.09. The Kier molecular flexibility index (Phi) is 3.43. The van der Waals surface area contributed by atoms with Crippen LogP contribution in [0.4, 0.5) is 4.79 Å². The Morgan fingerprint density at radius 3 is 2.35 bits per heavy atom. The van der Waals surface area contributed by atoms with Crippen molar-refractivity contribution in [2.75, 3.05) is 13.1 Å². The van der Waals surface area contributed by atoms with Crippen LogP contribution in [0.15, 0.2) is 24.3 Å². The maximum Gasteiger partial charge on any atom is 0.322 e. The minimum atomic E-state index is -0.960. The third-order valence-corrected chi connectivity index (χ3v) is 4.57. The first kappa shape index (κ1) is 15.5. The second kappa shape index (κ2) is 5.08. The lowest BCUT2D eigenvalue weighted by Crippen LogP contribution is -2.49. The summed E-state index contributed by atoms with van der Waals surface area (Å²) in [6.45, 7) is 7.03. The Morgan fingerprint density at radius 2 is 1.83 bits per heavy atom. The van der Waals surface area contributed by atoms with Gasteiger partial charge in [0, 0.05) is 12.1 Å². The van der Waals surface area contributed by atoms with Crippen molar-refractivity contribution in [3.8, 4) is 0 Å². The van der Waals surface area contributed by atoms with Crippen molar-refractivity contribution in [1.82, 2.24) is 15.5 Å². The summed E-state index contributed by atoms with van der Waals surface area (Å²) in [5.74, 6) is -0.461. The maximum absolute atomic E-state index is 12.6. The summed E-state index contributed by atoms with van der Waals surface area (Å²) < 4.78 is 0. The van der Waals surface area contributed by atoms with E-state index in [9.17, 15) is 14.4 Å². The number of amides is 4. The molecule has 0 bridgehead atoms. The van der Waals surface area contributed by atoms with Gasteiger partial charge in [-0.25, -0.2) is 4.79 Å². The quantitative estimate of drug-likeness (QED) is 0.769. The van der Waals surface area contributed by atoms with Crippen LogP contribution in [0.2, 0.25) is 0 Å². The minimum absolute atomic E-state index is 0.0332. The summed E-state index contributed by atoms with van der Waals surface area (Å²) in [5.41, 5.74) is 0.831. The molecule has 0 saturated carbocycles. The first-order valence-electron chi connectivity index (χ1n) is 7.75. The summed E-state index contributed by atoms with van der Waals surface area (Å²) in [6, 6.07) is 7.08. The molecule has 0 unspecified atom stereocenters. The Labute approximate surface area is 135 Å². The van der Waals surface area contributed by atoms with E-state index in [0.29, 0.717) is 18.5 Å². The average molecular weight is 315 g/mol. The largest absolute Gasteiger partial charge is 0.336 e. The van der Waals surface area contributed by atoms with E-state index >= 15 is 0 Å². The smallest absolute Gasteiger partial charge is 0.322 e. The lowest BCUT2D eigenvalue weighted by Gasteiger charge is -2.22. The maximum atomic E-state index is 12.6. The average Bonchev–Trinajstić information content (AvgIpc) is 3.02. The van der Waals surface area contributed by atoms with E-state index in [4.69, 9.17) is 0 Å². The molecule has 1 atom stereocenters. The Hall–Kier alpha value is -2.37. The third kappa shape index (κ3) is 2.69. The van der Waals surface area contributed by atoms with Crippen LogP contribution in [0.5, 0.6) is 0 Å². The third-order valence-electron chi connectivity index (χ3n) is 4.57. The highest BCUT2D eigenvalue weighted by molar-refractivity contribution is 6.08. The van der Waals surface area contributed by atoms with Gasteiger partial charge in [-0.05, 0) is 29.5 Å². The molecule has 2 aliphatic rings. The van der Waals surface area contributed by atoms with Gasteiger partial charge in [0.25, 0.3) is 11.8 Å². The summed E-state index contributed by atoms with van der Waals surface area (Å²) in [5, 5.41) is 4.90. The topological polar surface area (TPSA) is 78.5 Å². The molecule has 2 aliphatic heterocycles. The number of nitrogens with zero attached hydrogens (tertiary/aromatic N) is 1. The van der Waals surface area contributed by atoms with E-state index in [1.165, 1.54) is 0 Å². The molecule has 2 N–H and O–H groups in total. The summed E-state index contributed by atoms with van der Waals surface area (Å²) >= 11 is 0. The molecule has 2 heterocycles. The molecule has 122 valence electrons. The summed E-state index contributed by atoms with van der Waals surface area (Å²) in [4.78, 5) is 37.5. The Bertz CT molecular complexity index is 675. The Balaban J connectivity index is 1.75. The zero-order valence-corrected chi connectivity index (χ0v) is 13.6. The molecule has 4 amide bonds. The molecule has 6 nitrogen and oxygen atoms in total. The highest BCUT2D eigenvalue weighted by Gasteiger charge is 2.51. The molecule has 0 aromatic heterocycles. The van der Waals surface area contributed by atoms with Crippen LogP contribution in [0.1, 0.15) is 43.1 Å². The molecule has 2 saturated heterocycles. The highest BCUT2D eigenvalue weighted by atomic mass is 16.2. The molecule has 0 radical (unpaired) electrons. The van der Waals surface area contributed by atoms with E-state index in [1.807, 2.05) is 24.3 Å². The molecule has 23 heavy (non-hydrogen) atoms. The second-order valence-corrected chi connectivity index (χ2v) is 7.29. The minimum Gasteiger partial charge on any atom is -0.336 e. The van der Waals surface area contributed by atoms with Gasteiger partial charge in [0.1, 0.15) is 5.54 Å². The molecule has 1 spiro atoms. The molecule has 3 rings (SSSR count). The van der Waals surface area contributed by atoms with Crippen molar-refractivity contribution in [3.63, 3.8) is 0 Å². The van der Waals surface area contributed by atoms with Gasteiger partial charge < -0.3 is 10.2 Å². The van der Waals surface area contributed by atoms with E-state index in [0.717, 1.165) is 5.56 Å². The van der Waals surface area contributed by atoms with Gasteiger partial charge in [-0.3, -0.25) is 14.9 Å². The highest BCUT2D eigenvalue weighted by Crippen LogP contribution is 2.27. The van der Waals surface area contributed by atoms with E-state index in [2.05, 4.69) is 31.4 Å². The van der Waals surface area contributed by atoms with Crippen LogP contribution < -0.4 is 10.6 Å². The van der Waals surface area contributed by atoms with Crippen LogP contribution in [0, 0.1) is 0 Å². The number of carbonyl (C=O) groups is 3. The zero-order chi connectivity index (χ0) is 16.8. The molecule has 6 heteroatoms. The number of urea groups is 1. The molecular weight excluding hydrogens is 294 g/mol. The van der Waals surface area contributed by atoms with Crippen molar-refractivity contribution in [1.29, 1.82) is 0 Å².